The minimum Gasteiger partial charge on any atom is -0.450 e. The lowest BCUT2D eigenvalue weighted by Gasteiger charge is -2.46. The first kappa shape index (κ1) is 23.5. The number of benzene rings is 1. The molecule has 1 aliphatic heterocycles. The molecule has 0 atom stereocenters. The van der Waals surface area contributed by atoms with Gasteiger partial charge in [0.25, 0.3) is 0 Å². The Morgan fingerprint density at radius 1 is 1.19 bits per heavy atom. The van der Waals surface area contributed by atoms with E-state index < -0.39 is 17.4 Å². The number of halogens is 1. The van der Waals surface area contributed by atoms with Crippen LogP contribution < -0.4 is 10.6 Å². The number of anilines is 2. The Balaban J connectivity index is 1.63. The van der Waals surface area contributed by atoms with E-state index in [1.165, 1.54) is 6.07 Å². The number of aromatic nitrogens is 1. The summed E-state index contributed by atoms with van der Waals surface area (Å²) in [6.45, 7) is 9.93. The van der Waals surface area contributed by atoms with Crippen LogP contribution in [0.3, 0.4) is 0 Å². The van der Waals surface area contributed by atoms with Crippen molar-refractivity contribution in [3.8, 4) is 0 Å². The first-order valence-electron chi connectivity index (χ1n) is 10.6. The molecule has 2 heterocycles. The second kappa shape index (κ2) is 9.95. The highest BCUT2D eigenvalue weighted by atomic mass is 19.1. The van der Waals surface area contributed by atoms with Crippen molar-refractivity contribution in [3.05, 3.63) is 53.6 Å². The van der Waals surface area contributed by atoms with Gasteiger partial charge < -0.3 is 20.3 Å². The van der Waals surface area contributed by atoms with Crippen molar-refractivity contribution in [2.24, 2.45) is 0 Å². The van der Waals surface area contributed by atoms with Crippen LogP contribution in [0.25, 0.3) is 0 Å². The third kappa shape index (κ3) is 5.73. The van der Waals surface area contributed by atoms with E-state index in [0.717, 1.165) is 5.69 Å². The van der Waals surface area contributed by atoms with Crippen LogP contribution in [0.4, 0.5) is 25.4 Å². The predicted octanol–water partition coefficient (Wildman–Crippen LogP) is 4.23. The highest BCUT2D eigenvalue weighted by Gasteiger charge is 2.37. The number of carbonyl (C=O) groups excluding carboxylic acids is 2. The number of hydrogen-bond donors (Lipinski definition) is 2. The Morgan fingerprint density at radius 3 is 2.62 bits per heavy atom. The molecule has 9 heteroatoms. The Labute approximate surface area is 187 Å². The zero-order valence-corrected chi connectivity index (χ0v) is 18.9. The molecule has 1 aromatic carbocycles. The Hall–Kier alpha value is -3.20. The first-order chi connectivity index (χ1) is 15.2. The third-order valence-electron chi connectivity index (χ3n) is 5.36. The number of hydrogen-bond acceptors (Lipinski definition) is 5. The molecule has 32 heavy (non-hydrogen) atoms. The van der Waals surface area contributed by atoms with Crippen LogP contribution in [0.5, 0.6) is 0 Å². The number of aryl methyl sites for hydroxylation is 1. The minimum absolute atomic E-state index is 0.101. The summed E-state index contributed by atoms with van der Waals surface area (Å²) in [5.41, 5.74) is 1.48. The average Bonchev–Trinajstić information content (AvgIpc) is 2.72. The summed E-state index contributed by atoms with van der Waals surface area (Å²) in [6.07, 6.45) is 1.21. The highest BCUT2D eigenvalue weighted by molar-refractivity contribution is 5.99. The highest BCUT2D eigenvalue weighted by Crippen LogP contribution is 2.25. The molecule has 0 aliphatic carbocycles. The van der Waals surface area contributed by atoms with Gasteiger partial charge >= 0.3 is 12.1 Å². The maximum Gasteiger partial charge on any atom is 0.410 e. The molecule has 2 aromatic rings. The van der Waals surface area contributed by atoms with Gasteiger partial charge in [0, 0.05) is 37.4 Å². The number of carbonyl (C=O) groups is 2. The molecule has 1 aliphatic rings. The van der Waals surface area contributed by atoms with Crippen LogP contribution in [0.2, 0.25) is 0 Å². The zero-order valence-electron chi connectivity index (χ0n) is 18.9. The Bertz CT molecular complexity index is 965. The van der Waals surface area contributed by atoms with Crippen molar-refractivity contribution in [2.45, 2.75) is 39.8 Å². The van der Waals surface area contributed by atoms with Crippen molar-refractivity contribution in [1.29, 1.82) is 0 Å². The quantitative estimate of drug-likeness (QED) is 0.722. The van der Waals surface area contributed by atoms with Gasteiger partial charge in [-0.3, -0.25) is 9.88 Å². The summed E-state index contributed by atoms with van der Waals surface area (Å²) < 4.78 is 20.3. The molecule has 172 valence electrons. The first-order valence-corrected chi connectivity index (χ1v) is 10.6. The van der Waals surface area contributed by atoms with Crippen molar-refractivity contribution < 1.29 is 18.7 Å². The summed E-state index contributed by atoms with van der Waals surface area (Å²) >= 11 is 0. The lowest BCUT2D eigenvalue weighted by Crippen LogP contribution is -2.60. The zero-order chi connectivity index (χ0) is 23.3. The van der Waals surface area contributed by atoms with E-state index in [1.807, 2.05) is 20.8 Å². The lowest BCUT2D eigenvalue weighted by molar-refractivity contribution is 0.00986. The van der Waals surface area contributed by atoms with Crippen LogP contribution in [-0.2, 0) is 11.3 Å². The normalized spacial score (nSPS) is 15.8. The van der Waals surface area contributed by atoms with Crippen molar-refractivity contribution >= 4 is 23.5 Å². The number of rotatable bonds is 5. The SMILES string of the molecule is CCOC(=O)N1CCN(Cc2cccc(NC(=O)Nc3ccc(C)nc3)c2F)CC1(C)C. The monoisotopic (exact) mass is 443 g/mol. The smallest absolute Gasteiger partial charge is 0.410 e. The maximum atomic E-state index is 15.1. The molecule has 3 amide bonds. The summed E-state index contributed by atoms with van der Waals surface area (Å²) in [5.74, 6) is -0.477. The van der Waals surface area contributed by atoms with E-state index in [2.05, 4.69) is 20.5 Å². The largest absolute Gasteiger partial charge is 0.450 e. The molecule has 0 radical (unpaired) electrons. The standard InChI is InChI=1S/C23H30FN5O3/c1-5-32-22(31)29-12-11-28(15-23(29,3)4)14-17-7-6-8-19(20(17)24)27-21(30)26-18-10-9-16(2)25-13-18/h6-10,13H,5,11-12,14-15H2,1-4H3,(H2,26,27,30). The van der Waals surface area contributed by atoms with Crippen molar-refractivity contribution in [3.63, 3.8) is 0 Å². The molecule has 1 fully saturated rings. The van der Waals surface area contributed by atoms with Crippen LogP contribution in [0, 0.1) is 12.7 Å². The van der Waals surface area contributed by atoms with Gasteiger partial charge in [-0.25, -0.2) is 14.0 Å². The van der Waals surface area contributed by atoms with Gasteiger partial charge in [0.15, 0.2) is 5.82 Å². The summed E-state index contributed by atoms with van der Waals surface area (Å²) in [6, 6.07) is 7.89. The van der Waals surface area contributed by atoms with Crippen LogP contribution >= 0.6 is 0 Å². The van der Waals surface area contributed by atoms with Gasteiger partial charge in [-0.05, 0) is 45.9 Å². The Kier molecular flexibility index (Phi) is 7.29. The summed E-state index contributed by atoms with van der Waals surface area (Å²) in [4.78, 5) is 32.4. The number of ether oxygens (including phenoxy) is 1. The van der Waals surface area contributed by atoms with E-state index in [-0.39, 0.29) is 11.8 Å². The van der Waals surface area contributed by atoms with E-state index >= 15 is 4.39 Å². The van der Waals surface area contributed by atoms with Gasteiger partial charge in [-0.15, -0.1) is 0 Å². The number of amides is 3. The lowest BCUT2D eigenvalue weighted by atomic mass is 9.99. The molecule has 0 unspecified atom stereocenters. The fourth-order valence-corrected chi connectivity index (χ4v) is 3.80. The second-order valence-corrected chi connectivity index (χ2v) is 8.42. The molecule has 2 N–H and O–H groups in total. The molecular weight excluding hydrogens is 413 g/mol. The third-order valence-corrected chi connectivity index (χ3v) is 5.36. The predicted molar refractivity (Wildman–Crippen MR) is 121 cm³/mol. The maximum absolute atomic E-state index is 15.1. The number of pyridine rings is 1. The summed E-state index contributed by atoms with van der Waals surface area (Å²) in [7, 11) is 0. The summed E-state index contributed by atoms with van der Waals surface area (Å²) in [5, 5.41) is 5.21. The Morgan fingerprint density at radius 2 is 1.97 bits per heavy atom. The molecule has 1 saturated heterocycles. The fraction of sp³-hybridized carbons (Fsp3) is 0.435. The average molecular weight is 444 g/mol. The van der Waals surface area contributed by atoms with E-state index in [0.29, 0.717) is 44.0 Å². The van der Waals surface area contributed by atoms with Crippen molar-refractivity contribution in [1.82, 2.24) is 14.8 Å². The minimum atomic E-state index is -0.545. The number of piperazine rings is 1. The van der Waals surface area contributed by atoms with Gasteiger partial charge in [0.05, 0.1) is 29.7 Å². The van der Waals surface area contributed by atoms with Crippen LogP contribution in [0.1, 0.15) is 32.0 Å². The van der Waals surface area contributed by atoms with Gasteiger partial charge in [-0.2, -0.15) is 0 Å². The number of urea groups is 1. The van der Waals surface area contributed by atoms with E-state index in [1.54, 1.807) is 42.3 Å². The number of nitrogens with one attached hydrogen (secondary N) is 2. The molecule has 8 nitrogen and oxygen atoms in total. The molecule has 1 aromatic heterocycles. The second-order valence-electron chi connectivity index (χ2n) is 8.42. The van der Waals surface area contributed by atoms with Crippen LogP contribution in [-0.4, -0.2) is 58.7 Å². The van der Waals surface area contributed by atoms with Gasteiger partial charge in [0.2, 0.25) is 0 Å². The topological polar surface area (TPSA) is 86.8 Å². The molecule has 0 bridgehead atoms. The van der Waals surface area contributed by atoms with E-state index in [4.69, 9.17) is 4.74 Å². The number of nitrogens with zero attached hydrogens (tertiary/aromatic N) is 3. The molecule has 0 saturated carbocycles. The molecular formula is C23H30FN5O3. The fourth-order valence-electron chi connectivity index (χ4n) is 3.80. The van der Waals surface area contributed by atoms with Crippen LogP contribution in [0.15, 0.2) is 36.5 Å². The van der Waals surface area contributed by atoms with Gasteiger partial charge in [0.1, 0.15) is 0 Å². The van der Waals surface area contributed by atoms with Gasteiger partial charge in [-0.1, -0.05) is 12.1 Å². The molecule has 0 spiro atoms. The molecule has 3 rings (SSSR count). The van der Waals surface area contributed by atoms with Crippen molar-refractivity contribution in [2.75, 3.05) is 36.9 Å². The van der Waals surface area contributed by atoms with E-state index in [9.17, 15) is 9.59 Å².